The Morgan fingerprint density at radius 1 is 1.07 bits per heavy atom. The number of rotatable bonds is 4. The molecule has 0 atom stereocenters. The molecule has 2 N–H and O–H groups in total. The van der Waals surface area contributed by atoms with Crippen molar-refractivity contribution in [3.05, 3.63) is 69.8 Å². The fourth-order valence-corrected chi connectivity index (χ4v) is 3.01. The Kier molecular flexibility index (Phi) is 6.47. The number of carbonyl (C=O) groups is 2. The first-order valence-electron chi connectivity index (χ1n) is 8.78. The number of nitro groups is 1. The number of anilines is 1. The van der Waals surface area contributed by atoms with Gasteiger partial charge in [0, 0.05) is 30.4 Å². The third kappa shape index (κ3) is 5.12. The minimum atomic E-state index is -0.686. The van der Waals surface area contributed by atoms with Crippen molar-refractivity contribution < 1.29 is 19.2 Å². The highest BCUT2D eigenvalue weighted by Crippen LogP contribution is 2.17. The summed E-state index contributed by atoms with van der Waals surface area (Å²) < 4.78 is 5.24. The Morgan fingerprint density at radius 3 is 2.38 bits per heavy atom. The van der Waals surface area contributed by atoms with E-state index in [4.69, 9.17) is 17.0 Å². The van der Waals surface area contributed by atoms with E-state index in [-0.39, 0.29) is 22.3 Å². The minimum absolute atomic E-state index is 0.0135. The van der Waals surface area contributed by atoms with E-state index >= 15 is 0 Å². The van der Waals surface area contributed by atoms with Gasteiger partial charge in [-0.3, -0.25) is 25.0 Å². The lowest BCUT2D eigenvalue weighted by atomic mass is 10.1. The van der Waals surface area contributed by atoms with E-state index in [1.165, 1.54) is 24.3 Å². The molecule has 150 valence electrons. The fraction of sp³-hybridized carbons (Fsp3) is 0.211. The Hall–Kier alpha value is -3.37. The molecule has 29 heavy (non-hydrogen) atoms. The largest absolute Gasteiger partial charge is 0.378 e. The molecule has 0 aliphatic carbocycles. The molecule has 0 bridgehead atoms. The first-order valence-corrected chi connectivity index (χ1v) is 9.19. The van der Waals surface area contributed by atoms with Crippen molar-refractivity contribution in [2.45, 2.75) is 0 Å². The van der Waals surface area contributed by atoms with Gasteiger partial charge in [0.15, 0.2) is 5.11 Å². The molecule has 10 heteroatoms. The highest BCUT2D eigenvalue weighted by molar-refractivity contribution is 7.80. The summed E-state index contributed by atoms with van der Waals surface area (Å²) in [6.07, 6.45) is 0. The monoisotopic (exact) mass is 414 g/mol. The molecule has 2 amide bonds. The van der Waals surface area contributed by atoms with Gasteiger partial charge in [-0.15, -0.1) is 0 Å². The molecule has 0 spiro atoms. The van der Waals surface area contributed by atoms with E-state index in [0.717, 1.165) is 0 Å². The zero-order valence-electron chi connectivity index (χ0n) is 15.3. The molecule has 0 radical (unpaired) electrons. The van der Waals surface area contributed by atoms with E-state index in [0.29, 0.717) is 37.6 Å². The van der Waals surface area contributed by atoms with Gasteiger partial charge in [0.25, 0.3) is 17.5 Å². The highest BCUT2D eigenvalue weighted by atomic mass is 32.1. The first kappa shape index (κ1) is 20.4. The van der Waals surface area contributed by atoms with Crippen LogP contribution in [0.1, 0.15) is 20.7 Å². The van der Waals surface area contributed by atoms with Crippen molar-refractivity contribution in [1.29, 1.82) is 0 Å². The van der Waals surface area contributed by atoms with Crippen molar-refractivity contribution in [3.8, 4) is 0 Å². The molecule has 0 unspecified atom stereocenters. The molecule has 1 saturated heterocycles. The summed E-state index contributed by atoms with van der Waals surface area (Å²) in [5, 5.41) is 16.3. The van der Waals surface area contributed by atoms with Crippen LogP contribution in [-0.4, -0.2) is 53.1 Å². The van der Waals surface area contributed by atoms with Crippen molar-refractivity contribution in [3.63, 3.8) is 0 Å². The van der Waals surface area contributed by atoms with Crippen LogP contribution in [0, 0.1) is 10.1 Å². The van der Waals surface area contributed by atoms with Gasteiger partial charge in [0.1, 0.15) is 5.56 Å². The van der Waals surface area contributed by atoms with Crippen LogP contribution in [0.2, 0.25) is 0 Å². The second-order valence-corrected chi connectivity index (χ2v) is 6.57. The van der Waals surface area contributed by atoms with Crippen LogP contribution in [0.3, 0.4) is 0 Å². The molecule has 9 nitrogen and oxygen atoms in total. The number of para-hydroxylation sites is 1. The molecule has 1 heterocycles. The molecule has 1 aliphatic heterocycles. The minimum Gasteiger partial charge on any atom is -0.378 e. The van der Waals surface area contributed by atoms with Crippen molar-refractivity contribution in [2.24, 2.45) is 0 Å². The summed E-state index contributed by atoms with van der Waals surface area (Å²) in [6.45, 7) is 2.17. The molecule has 2 aromatic rings. The maximum Gasteiger partial charge on any atom is 0.282 e. The Balaban J connectivity index is 1.60. The number of morpholine rings is 1. The van der Waals surface area contributed by atoms with E-state index in [2.05, 4.69) is 10.6 Å². The van der Waals surface area contributed by atoms with Gasteiger partial charge in [-0.25, -0.2) is 0 Å². The van der Waals surface area contributed by atoms with Gasteiger partial charge in [-0.05, 0) is 42.5 Å². The molecule has 1 aliphatic rings. The summed E-state index contributed by atoms with van der Waals surface area (Å²) in [6, 6.07) is 12.2. The van der Waals surface area contributed by atoms with Crippen LogP contribution in [0.4, 0.5) is 11.4 Å². The van der Waals surface area contributed by atoms with Crippen LogP contribution < -0.4 is 10.6 Å². The zero-order valence-corrected chi connectivity index (χ0v) is 16.1. The normalized spacial score (nSPS) is 13.4. The van der Waals surface area contributed by atoms with Crippen LogP contribution in [0.25, 0.3) is 0 Å². The zero-order chi connectivity index (χ0) is 20.8. The van der Waals surface area contributed by atoms with Crippen LogP contribution in [0.5, 0.6) is 0 Å². The lowest BCUT2D eigenvalue weighted by Gasteiger charge is -2.26. The number of nitro benzene ring substituents is 1. The second kappa shape index (κ2) is 9.22. The number of hydrogen-bond acceptors (Lipinski definition) is 6. The third-order valence-corrected chi connectivity index (χ3v) is 4.46. The maximum absolute atomic E-state index is 12.4. The van der Waals surface area contributed by atoms with E-state index in [1.807, 2.05) is 0 Å². The molecule has 3 rings (SSSR count). The lowest BCUT2D eigenvalue weighted by Crippen LogP contribution is -2.40. The number of thiocarbonyl (C=S) groups is 1. The van der Waals surface area contributed by atoms with Crippen molar-refractivity contribution in [2.75, 3.05) is 31.6 Å². The lowest BCUT2D eigenvalue weighted by molar-refractivity contribution is -0.385. The number of carbonyl (C=O) groups excluding carboxylic acids is 2. The highest BCUT2D eigenvalue weighted by Gasteiger charge is 2.20. The fourth-order valence-electron chi connectivity index (χ4n) is 2.80. The van der Waals surface area contributed by atoms with E-state index in [1.54, 1.807) is 29.2 Å². The Bertz CT molecular complexity index is 942. The van der Waals surface area contributed by atoms with Gasteiger partial charge in [-0.1, -0.05) is 12.1 Å². The van der Waals surface area contributed by atoms with Crippen molar-refractivity contribution >= 4 is 40.5 Å². The number of ether oxygens (including phenoxy) is 1. The summed E-state index contributed by atoms with van der Waals surface area (Å²) in [5.74, 6) is -0.763. The number of benzene rings is 2. The summed E-state index contributed by atoms with van der Waals surface area (Å²) in [4.78, 5) is 36.9. The third-order valence-electron chi connectivity index (χ3n) is 4.26. The van der Waals surface area contributed by atoms with Crippen molar-refractivity contribution in [1.82, 2.24) is 10.2 Å². The van der Waals surface area contributed by atoms with Crippen LogP contribution in [0.15, 0.2) is 48.5 Å². The molecule has 0 aromatic heterocycles. The molecule has 1 fully saturated rings. The molecule has 0 saturated carbocycles. The quantitative estimate of drug-likeness (QED) is 0.448. The molecular formula is C19H18N4O5S. The van der Waals surface area contributed by atoms with Gasteiger partial charge in [0.2, 0.25) is 0 Å². The maximum atomic E-state index is 12.4. The summed E-state index contributed by atoms with van der Waals surface area (Å²) >= 11 is 5.11. The van der Waals surface area contributed by atoms with Gasteiger partial charge in [0.05, 0.1) is 18.1 Å². The standard InChI is InChI=1S/C19H18N4O5S/c24-17(15-3-1-2-4-16(15)23(26)27)21-19(29)20-14-7-5-13(6-8-14)18(25)22-9-11-28-12-10-22/h1-8H,9-12H2,(H2,20,21,24,29). The van der Waals surface area contributed by atoms with Crippen LogP contribution in [-0.2, 0) is 4.74 Å². The Labute approximate surface area is 171 Å². The predicted octanol–water partition coefficient (Wildman–Crippen LogP) is 2.19. The van der Waals surface area contributed by atoms with Gasteiger partial charge >= 0.3 is 0 Å². The molecular weight excluding hydrogens is 396 g/mol. The average molecular weight is 414 g/mol. The summed E-state index contributed by atoms with van der Waals surface area (Å²) in [7, 11) is 0. The topological polar surface area (TPSA) is 114 Å². The smallest absolute Gasteiger partial charge is 0.282 e. The van der Waals surface area contributed by atoms with E-state index < -0.39 is 10.8 Å². The predicted molar refractivity (Wildman–Crippen MR) is 110 cm³/mol. The van der Waals surface area contributed by atoms with E-state index in [9.17, 15) is 19.7 Å². The molecule has 2 aromatic carbocycles. The second-order valence-electron chi connectivity index (χ2n) is 6.16. The number of amides is 2. The SMILES string of the molecule is O=C(NC(=S)Nc1ccc(C(=O)N2CCOCC2)cc1)c1ccccc1[N+](=O)[O-]. The number of nitrogens with one attached hydrogen (secondary N) is 2. The van der Waals surface area contributed by atoms with Gasteiger partial charge in [-0.2, -0.15) is 0 Å². The van der Waals surface area contributed by atoms with Crippen LogP contribution >= 0.6 is 12.2 Å². The summed E-state index contributed by atoms with van der Waals surface area (Å²) in [5.41, 5.74) is 0.704. The average Bonchev–Trinajstić information content (AvgIpc) is 2.74. The number of hydrogen-bond donors (Lipinski definition) is 2. The number of nitrogens with zero attached hydrogens (tertiary/aromatic N) is 2. The van der Waals surface area contributed by atoms with Gasteiger partial charge < -0.3 is 15.0 Å². The Morgan fingerprint density at radius 2 is 1.72 bits per heavy atom. The first-order chi connectivity index (χ1) is 14.0.